The largest absolute Gasteiger partial charge is 0.503 e. The van der Waals surface area contributed by atoms with Crippen LogP contribution in [0.15, 0.2) is 153 Å². The van der Waals surface area contributed by atoms with Crippen LogP contribution in [-0.4, -0.2) is 150 Å². The average Bonchev–Trinajstić information content (AvgIpc) is 1.59. The van der Waals surface area contributed by atoms with Crippen LogP contribution in [0.2, 0.25) is 0 Å². The van der Waals surface area contributed by atoms with Gasteiger partial charge in [0.2, 0.25) is 22.1 Å². The van der Waals surface area contributed by atoms with E-state index in [-0.39, 0.29) is 99.9 Å². The number of carbonyl (C=O) groups is 9. The van der Waals surface area contributed by atoms with E-state index >= 15 is 0 Å². The van der Waals surface area contributed by atoms with E-state index in [4.69, 9.17) is 9.47 Å². The van der Waals surface area contributed by atoms with Crippen molar-refractivity contribution in [1.29, 1.82) is 0 Å². The number of hydrogen-bond donors (Lipinski definition) is 6. The van der Waals surface area contributed by atoms with E-state index in [0.717, 1.165) is 88.2 Å². The molecule has 0 radical (unpaired) electrons. The molecule has 4 saturated carbocycles. The fraction of sp³-hybridized carbons (Fsp3) is 0.376. The first-order valence-electron chi connectivity index (χ1n) is 41.9. The van der Waals surface area contributed by atoms with Gasteiger partial charge in [0.1, 0.15) is 82.3 Å². The molecule has 129 heavy (non-hydrogen) atoms. The minimum Gasteiger partial charge on any atom is -0.503 e. The Bertz CT molecular complexity index is 6150. The van der Waals surface area contributed by atoms with E-state index in [2.05, 4.69) is 16.0 Å². The molecule has 11 heterocycles. The summed E-state index contributed by atoms with van der Waals surface area (Å²) in [5.41, 5.74) is -5.57. The van der Waals surface area contributed by atoms with E-state index < -0.39 is 175 Å². The van der Waals surface area contributed by atoms with Crippen LogP contribution in [0, 0.1) is 81.9 Å². The Balaban J connectivity index is 0.000000121. The number of nitrogens with zero attached hydrogens (tertiary/aromatic N) is 7. The number of carbonyl (C=O) groups excluding carboxylic acids is 8. The van der Waals surface area contributed by atoms with Crippen molar-refractivity contribution in [1.82, 2.24) is 49.3 Å². The van der Waals surface area contributed by atoms with Crippen molar-refractivity contribution in [3.8, 4) is 17.2 Å². The molecule has 3 aromatic heterocycles. The fourth-order valence-electron chi connectivity index (χ4n) is 21.9. The van der Waals surface area contributed by atoms with Gasteiger partial charge >= 0.3 is 5.97 Å². The van der Waals surface area contributed by atoms with Crippen LogP contribution in [0.25, 0.3) is 0 Å². The van der Waals surface area contributed by atoms with Crippen LogP contribution in [0.1, 0.15) is 181 Å². The van der Waals surface area contributed by atoms with Crippen LogP contribution in [0.4, 0.5) is 39.5 Å². The molecule has 5 saturated heterocycles. The number of pyridine rings is 3. The van der Waals surface area contributed by atoms with Gasteiger partial charge in [-0.1, -0.05) is 74.2 Å². The van der Waals surface area contributed by atoms with Gasteiger partial charge in [0.15, 0.2) is 40.1 Å². The topological polar surface area (TPSA) is 348 Å². The van der Waals surface area contributed by atoms with Crippen molar-refractivity contribution in [2.45, 2.75) is 166 Å². The molecular formula is C93H85F9N10O17. The SMILES string of the molecule is C.O=C(NCc1c(F)cc(F)cc1F)C1=CC2C[C@]34CC[C@H](CN3C(=O)C2=C(OCc2ccccc2)C1=O)C4.O=C(NCc1c(F)cc(F)cc1F)c1cn2c(c(O)c1=O)C(=O)N1C[C@H]3CC[C@@]1(C3)C2.O=C(NCc1c(F)cc(F)cc1F)c1cn2c(c(O)c1=O)C(=O)N1C[C@H]3CC[C@@]1(C3)C2.O=C(O)c1cn2c(c(OCc3ccccc3)c1=O)C(=O)N1C[C@H]3CC[C@@]1(C3)C2. The number of ketones is 1. The van der Waals surface area contributed by atoms with Crippen LogP contribution < -0.4 is 37.0 Å². The molecule has 672 valence electrons. The van der Waals surface area contributed by atoms with Gasteiger partial charge in [-0.2, -0.15) is 0 Å². The highest BCUT2D eigenvalue weighted by Gasteiger charge is 2.62. The number of aromatic hydroxyl groups is 2. The molecule has 6 N–H and O–H groups in total. The lowest BCUT2D eigenvalue weighted by molar-refractivity contribution is -0.137. The second-order valence-electron chi connectivity index (χ2n) is 35.5. The Kier molecular flexibility index (Phi) is 22.6. The number of carboxylic acids is 1. The highest BCUT2D eigenvalue weighted by molar-refractivity contribution is 6.27. The highest BCUT2D eigenvalue weighted by Crippen LogP contribution is 2.57. The lowest BCUT2D eigenvalue weighted by Crippen LogP contribution is -2.55. The van der Waals surface area contributed by atoms with Crippen molar-refractivity contribution in [3.63, 3.8) is 0 Å². The molecule has 8 aliphatic heterocycles. The number of ether oxygens (including phenoxy) is 2. The maximum Gasteiger partial charge on any atom is 0.341 e. The summed E-state index contributed by atoms with van der Waals surface area (Å²) in [5.74, 6) is -17.2. The van der Waals surface area contributed by atoms with E-state index in [1.54, 1.807) is 14.4 Å². The van der Waals surface area contributed by atoms with Gasteiger partial charge in [0.05, 0.1) is 27.8 Å². The lowest BCUT2D eigenvalue weighted by atomic mass is 9.73. The Morgan fingerprint density at radius 2 is 0.760 bits per heavy atom. The molecule has 9 atom stereocenters. The third-order valence-electron chi connectivity index (χ3n) is 27.8. The fourth-order valence-corrected chi connectivity index (χ4v) is 21.9. The molecule has 1 unspecified atom stereocenters. The molecule has 21 rings (SSSR count). The molecule has 9 fully saturated rings. The van der Waals surface area contributed by atoms with Crippen molar-refractivity contribution in [2.24, 2.45) is 29.6 Å². The van der Waals surface area contributed by atoms with Gasteiger partial charge in [-0.25, -0.2) is 44.3 Å². The Morgan fingerprint density at radius 3 is 1.14 bits per heavy atom. The van der Waals surface area contributed by atoms with Crippen LogP contribution in [-0.2, 0) is 71.6 Å². The van der Waals surface area contributed by atoms with Crippen LogP contribution in [0.5, 0.6) is 17.2 Å². The van der Waals surface area contributed by atoms with E-state index in [1.807, 2.05) is 70.5 Å². The van der Waals surface area contributed by atoms with Gasteiger partial charge < -0.3 is 74.0 Å². The monoisotopic (exact) mass is 1780 g/mol. The van der Waals surface area contributed by atoms with Crippen molar-refractivity contribution >= 4 is 53.1 Å². The number of rotatable bonds is 16. The van der Waals surface area contributed by atoms with Gasteiger partial charge in [-0.3, -0.25) is 52.7 Å². The number of amides is 7. The minimum absolute atomic E-state index is 0. The maximum atomic E-state index is 14.1. The quantitative estimate of drug-likeness (QED) is 0.0387. The zero-order valence-corrected chi connectivity index (χ0v) is 68.2. The smallest absolute Gasteiger partial charge is 0.341 e. The number of carboxylic acid groups (broad SMARTS) is 1. The Morgan fingerprint density at radius 1 is 0.419 bits per heavy atom. The number of piperidine rings is 5. The number of nitrogens with one attached hydrogen (secondary N) is 3. The van der Waals surface area contributed by atoms with E-state index in [0.29, 0.717) is 112 Å². The minimum atomic E-state index is -1.31. The number of hydrogen-bond acceptors (Lipinski definition) is 16. The molecule has 36 heteroatoms. The molecule has 4 spiro atoms. The lowest BCUT2D eigenvalue weighted by Gasteiger charge is -2.47. The third-order valence-corrected chi connectivity index (χ3v) is 27.8. The maximum absolute atomic E-state index is 14.1. The van der Waals surface area contributed by atoms with Gasteiger partial charge in [-0.05, 0) is 118 Å². The first-order valence-corrected chi connectivity index (χ1v) is 41.9. The van der Waals surface area contributed by atoms with Crippen LogP contribution in [0.3, 0.4) is 0 Å². The average molecular weight is 1790 g/mol. The Hall–Kier alpha value is -13.6. The summed E-state index contributed by atoms with van der Waals surface area (Å²) in [4.78, 5) is 161. The number of aromatic nitrogens is 3. The number of allylic oxidation sites excluding steroid dienone is 2. The van der Waals surface area contributed by atoms with E-state index in [9.17, 15) is 112 Å². The number of halogens is 9. The summed E-state index contributed by atoms with van der Waals surface area (Å²) in [6.45, 7) is 2.01. The number of fused-ring (bicyclic) bond motifs is 8. The zero-order chi connectivity index (χ0) is 90.2. The van der Waals surface area contributed by atoms with E-state index in [1.165, 1.54) is 33.8 Å². The standard InChI is InChI=1S/C29H25F3N2O4.2C21H18F3N3O4.C21H20N2O5.CH4/c30-19-9-22(31)21(23(32)10-19)13-33-27(36)20-8-18-12-29-7-6-17(11-29)14-34(29)28(37)24(18)26(25(20)35)38-15-16-4-2-1-3-5-16;2*22-11-3-14(23)12(15(24)4-11)6-25-19(30)13-8-26-9-21-2-1-10(5-21)7-27(21)20(31)16(26)18(29)17(13)28;24-17-15(20(26)27)10-22-12-21-7-6-14(8-21)9-23(21)19(25)16(22)18(17)28-11-13-4-2-1-3-5-13;/h1-5,8-10,17-18H,6-7,11-15H2,(H,33,36);2*3-4,8,10,29H,1-2,5-7,9H2,(H,25,30);1-5,10,14H,6-9,11-12H2,(H,26,27);1H4/t17-,18?,29+;2*10-,21+;14-,21+;/m0000./s1. The molecular weight excluding hydrogens is 1700 g/mol. The highest BCUT2D eigenvalue weighted by atomic mass is 19.2. The normalized spacial score (nSPS) is 24.3. The predicted octanol–water partition coefficient (Wildman–Crippen LogP) is 10.7. The molecule has 5 aromatic carbocycles. The van der Waals surface area contributed by atoms with Gasteiger partial charge in [-0.15, -0.1) is 0 Å². The first kappa shape index (κ1) is 87.5. The molecule has 5 aliphatic carbocycles. The molecule has 13 aliphatic rings. The summed E-state index contributed by atoms with van der Waals surface area (Å²) in [5, 5.41) is 37.1. The van der Waals surface area contributed by atoms with Gasteiger partial charge in [0, 0.05) is 149 Å². The van der Waals surface area contributed by atoms with Crippen molar-refractivity contribution in [2.75, 3.05) is 26.2 Å². The second kappa shape index (κ2) is 33.2. The van der Waals surface area contributed by atoms with Gasteiger partial charge in [0.25, 0.3) is 41.4 Å². The molecule has 8 bridgehead atoms. The Labute approximate surface area is 728 Å². The van der Waals surface area contributed by atoms with Crippen molar-refractivity contribution < 1.29 is 107 Å². The third kappa shape index (κ3) is 15.3. The van der Waals surface area contributed by atoms with Crippen molar-refractivity contribution in [3.05, 3.63) is 283 Å². The first-order chi connectivity index (χ1) is 61.1. The summed E-state index contributed by atoms with van der Waals surface area (Å²) < 4.78 is 139. The summed E-state index contributed by atoms with van der Waals surface area (Å²) in [6, 6.07) is 21.4. The number of benzene rings is 5. The molecule has 27 nitrogen and oxygen atoms in total. The number of aromatic carboxylic acids is 1. The summed E-state index contributed by atoms with van der Waals surface area (Å²) in [6.07, 6.45) is 16.8. The predicted molar refractivity (Wildman–Crippen MR) is 438 cm³/mol. The second-order valence-corrected chi connectivity index (χ2v) is 35.5. The molecule has 8 aromatic rings. The zero-order valence-electron chi connectivity index (χ0n) is 68.2. The summed E-state index contributed by atoms with van der Waals surface area (Å²) in [7, 11) is 0. The summed E-state index contributed by atoms with van der Waals surface area (Å²) >= 11 is 0. The molecule has 7 amide bonds. The number of Topliss-reactive ketones (excluding diaryl/α,β-unsaturated/α-hetero) is 1. The van der Waals surface area contributed by atoms with Crippen LogP contribution >= 0.6 is 0 Å².